The number of pyridine rings is 1. The highest BCUT2D eigenvalue weighted by atomic mass is 19.1. The average Bonchev–Trinajstić information content (AvgIpc) is 2.51. The normalized spacial score (nSPS) is 14.7. The van der Waals surface area contributed by atoms with Crippen molar-refractivity contribution < 1.29 is 4.39 Å². The van der Waals surface area contributed by atoms with Crippen molar-refractivity contribution in [3.05, 3.63) is 56.8 Å². The molecule has 0 fully saturated rings. The first-order valence-corrected chi connectivity index (χ1v) is 8.02. The zero-order chi connectivity index (χ0) is 16.4. The molecule has 23 heavy (non-hydrogen) atoms. The third-order valence-electron chi connectivity index (χ3n) is 4.24. The second-order valence-corrected chi connectivity index (χ2v) is 6.03. The maximum Gasteiger partial charge on any atom is 0.255 e. The lowest BCUT2D eigenvalue weighted by Crippen LogP contribution is -2.36. The summed E-state index contributed by atoms with van der Waals surface area (Å²) in [7, 11) is 0. The third-order valence-corrected chi connectivity index (χ3v) is 4.24. The van der Waals surface area contributed by atoms with Gasteiger partial charge >= 0.3 is 0 Å². The smallest absolute Gasteiger partial charge is 0.255 e. The van der Waals surface area contributed by atoms with E-state index >= 15 is 0 Å². The summed E-state index contributed by atoms with van der Waals surface area (Å²) in [5.41, 5.74) is 3.33. The van der Waals surface area contributed by atoms with Crippen molar-refractivity contribution in [2.75, 3.05) is 6.54 Å². The summed E-state index contributed by atoms with van der Waals surface area (Å²) in [6.07, 6.45) is 2.53. The second kappa shape index (κ2) is 6.58. The maximum atomic E-state index is 13.1. The first-order chi connectivity index (χ1) is 11.1. The van der Waals surface area contributed by atoms with E-state index in [-0.39, 0.29) is 5.56 Å². The van der Waals surface area contributed by atoms with E-state index in [9.17, 15) is 9.18 Å². The SMILES string of the molecule is CCCc1nc2c(c(=O)[nH]1)CN(Cc1ccc(F)nc1C)CC2. The van der Waals surface area contributed by atoms with E-state index < -0.39 is 5.95 Å². The van der Waals surface area contributed by atoms with Crippen LogP contribution in [0.15, 0.2) is 16.9 Å². The standard InChI is InChI=1S/C17H21FN4O/c1-3-4-16-20-14-7-8-22(10-13(14)17(23)21-16)9-12-5-6-15(18)19-11(12)2/h5-6H,3-4,7-10H2,1-2H3,(H,20,21,23). The van der Waals surface area contributed by atoms with Gasteiger partial charge in [0.1, 0.15) is 5.82 Å². The van der Waals surface area contributed by atoms with Crippen LogP contribution in [-0.4, -0.2) is 26.4 Å². The van der Waals surface area contributed by atoms with Crippen LogP contribution in [0.25, 0.3) is 0 Å². The Kier molecular flexibility index (Phi) is 4.52. The van der Waals surface area contributed by atoms with Gasteiger partial charge in [-0.3, -0.25) is 9.69 Å². The van der Waals surface area contributed by atoms with Crippen molar-refractivity contribution in [3.63, 3.8) is 0 Å². The molecule has 0 saturated carbocycles. The number of aryl methyl sites for hydroxylation is 2. The number of halogens is 1. The fourth-order valence-electron chi connectivity index (χ4n) is 2.99. The fraction of sp³-hybridized carbons (Fsp3) is 0.471. The van der Waals surface area contributed by atoms with Crippen molar-refractivity contribution in [1.82, 2.24) is 19.9 Å². The van der Waals surface area contributed by atoms with Gasteiger partial charge in [-0.15, -0.1) is 0 Å². The summed E-state index contributed by atoms with van der Waals surface area (Å²) in [5, 5.41) is 0. The first kappa shape index (κ1) is 15.8. The number of nitrogens with one attached hydrogen (secondary N) is 1. The first-order valence-electron chi connectivity index (χ1n) is 8.02. The molecular formula is C17H21FN4O. The minimum absolute atomic E-state index is 0.0305. The number of nitrogens with zero attached hydrogens (tertiary/aromatic N) is 3. The molecular weight excluding hydrogens is 295 g/mol. The van der Waals surface area contributed by atoms with Gasteiger partial charge in [-0.1, -0.05) is 13.0 Å². The van der Waals surface area contributed by atoms with Crippen LogP contribution in [-0.2, 0) is 25.9 Å². The quantitative estimate of drug-likeness (QED) is 0.878. The molecule has 0 spiro atoms. The van der Waals surface area contributed by atoms with E-state index in [2.05, 4.69) is 26.8 Å². The molecule has 0 atom stereocenters. The van der Waals surface area contributed by atoms with Crippen LogP contribution in [0, 0.1) is 12.9 Å². The molecule has 6 heteroatoms. The van der Waals surface area contributed by atoms with Crippen LogP contribution in [0.5, 0.6) is 0 Å². The van der Waals surface area contributed by atoms with Gasteiger partial charge in [0.25, 0.3) is 5.56 Å². The molecule has 1 N–H and O–H groups in total. The summed E-state index contributed by atoms with van der Waals surface area (Å²) in [6, 6.07) is 3.14. The van der Waals surface area contributed by atoms with Crippen molar-refractivity contribution in [2.45, 2.75) is 46.2 Å². The van der Waals surface area contributed by atoms with Crippen LogP contribution >= 0.6 is 0 Å². The van der Waals surface area contributed by atoms with Gasteiger partial charge in [-0.25, -0.2) is 9.97 Å². The van der Waals surface area contributed by atoms with E-state index in [4.69, 9.17) is 0 Å². The van der Waals surface area contributed by atoms with Crippen LogP contribution in [0.4, 0.5) is 4.39 Å². The zero-order valence-corrected chi connectivity index (χ0v) is 13.5. The molecule has 2 aromatic heterocycles. The molecule has 3 heterocycles. The molecule has 0 aliphatic carbocycles. The Morgan fingerprint density at radius 2 is 2.17 bits per heavy atom. The minimum atomic E-state index is -0.459. The summed E-state index contributed by atoms with van der Waals surface area (Å²) >= 11 is 0. The highest BCUT2D eigenvalue weighted by molar-refractivity contribution is 5.23. The summed E-state index contributed by atoms with van der Waals surface area (Å²) in [6.45, 7) is 5.95. The summed E-state index contributed by atoms with van der Waals surface area (Å²) < 4.78 is 13.1. The Balaban J connectivity index is 1.79. The van der Waals surface area contributed by atoms with Gasteiger partial charge in [0.05, 0.1) is 11.3 Å². The minimum Gasteiger partial charge on any atom is -0.310 e. The molecule has 1 aliphatic rings. The lowest BCUT2D eigenvalue weighted by molar-refractivity contribution is 0.240. The van der Waals surface area contributed by atoms with Gasteiger partial charge in [0.15, 0.2) is 0 Å². The molecule has 3 rings (SSSR count). The number of rotatable bonds is 4. The Morgan fingerprint density at radius 1 is 1.35 bits per heavy atom. The highest BCUT2D eigenvalue weighted by Crippen LogP contribution is 2.18. The average molecular weight is 316 g/mol. The highest BCUT2D eigenvalue weighted by Gasteiger charge is 2.21. The monoisotopic (exact) mass is 316 g/mol. The van der Waals surface area contributed by atoms with E-state index in [1.807, 2.05) is 6.92 Å². The van der Waals surface area contributed by atoms with Crippen LogP contribution in [0.1, 0.15) is 41.7 Å². The van der Waals surface area contributed by atoms with Crippen molar-refractivity contribution >= 4 is 0 Å². The van der Waals surface area contributed by atoms with Gasteiger partial charge < -0.3 is 4.98 Å². The molecule has 0 bridgehead atoms. The Morgan fingerprint density at radius 3 is 2.91 bits per heavy atom. The van der Waals surface area contributed by atoms with Gasteiger partial charge in [-0.05, 0) is 25.0 Å². The van der Waals surface area contributed by atoms with Gasteiger partial charge in [0.2, 0.25) is 5.95 Å². The van der Waals surface area contributed by atoms with E-state index in [0.29, 0.717) is 18.8 Å². The predicted octanol–water partition coefficient (Wildman–Crippen LogP) is 2.12. The molecule has 122 valence electrons. The van der Waals surface area contributed by atoms with Crippen molar-refractivity contribution in [1.29, 1.82) is 0 Å². The molecule has 0 saturated heterocycles. The molecule has 0 radical (unpaired) electrons. The Labute approximate surface area is 134 Å². The van der Waals surface area contributed by atoms with E-state index in [1.165, 1.54) is 6.07 Å². The summed E-state index contributed by atoms with van der Waals surface area (Å²) in [4.78, 5) is 25.8. The maximum absolute atomic E-state index is 13.1. The van der Waals surface area contributed by atoms with Crippen LogP contribution < -0.4 is 5.56 Å². The number of H-pyrrole nitrogens is 1. The second-order valence-electron chi connectivity index (χ2n) is 6.03. The number of aromatic amines is 1. The topological polar surface area (TPSA) is 61.9 Å². The predicted molar refractivity (Wildman–Crippen MR) is 85.6 cm³/mol. The molecule has 5 nitrogen and oxygen atoms in total. The zero-order valence-electron chi connectivity index (χ0n) is 13.5. The number of fused-ring (bicyclic) bond motifs is 1. The number of hydrogen-bond donors (Lipinski definition) is 1. The van der Waals surface area contributed by atoms with Crippen molar-refractivity contribution in [2.24, 2.45) is 0 Å². The molecule has 1 aliphatic heterocycles. The van der Waals surface area contributed by atoms with E-state index in [1.54, 1.807) is 6.07 Å². The van der Waals surface area contributed by atoms with Gasteiger partial charge in [0, 0.05) is 38.2 Å². The molecule has 0 amide bonds. The van der Waals surface area contributed by atoms with Crippen molar-refractivity contribution in [3.8, 4) is 0 Å². The third kappa shape index (κ3) is 3.47. The molecule has 0 aromatic carbocycles. The van der Waals surface area contributed by atoms with E-state index in [0.717, 1.165) is 48.5 Å². The lowest BCUT2D eigenvalue weighted by Gasteiger charge is -2.28. The van der Waals surface area contributed by atoms with Crippen LogP contribution in [0.3, 0.4) is 0 Å². The summed E-state index contributed by atoms with van der Waals surface area (Å²) in [5.74, 6) is 0.322. The Bertz CT molecular complexity index is 772. The lowest BCUT2D eigenvalue weighted by atomic mass is 10.1. The number of aromatic nitrogens is 3. The molecule has 2 aromatic rings. The van der Waals surface area contributed by atoms with Crippen LogP contribution in [0.2, 0.25) is 0 Å². The van der Waals surface area contributed by atoms with Gasteiger partial charge in [-0.2, -0.15) is 4.39 Å². The molecule has 0 unspecified atom stereocenters. The fourth-order valence-corrected chi connectivity index (χ4v) is 2.99. The number of hydrogen-bond acceptors (Lipinski definition) is 4. The Hall–Kier alpha value is -2.08. The largest absolute Gasteiger partial charge is 0.310 e.